The van der Waals surface area contributed by atoms with Crippen molar-refractivity contribution in [3.63, 3.8) is 0 Å². The third kappa shape index (κ3) is 1.99. The van der Waals surface area contributed by atoms with Gasteiger partial charge in [-0.3, -0.25) is 0 Å². The molecule has 2 aromatic rings. The molecule has 0 radical (unpaired) electrons. The van der Waals surface area contributed by atoms with Crippen LogP contribution in [0.5, 0.6) is 0 Å². The van der Waals surface area contributed by atoms with Crippen LogP contribution in [0.25, 0.3) is 11.0 Å². The zero-order chi connectivity index (χ0) is 10.8. The Labute approximate surface area is 89.1 Å². The van der Waals surface area contributed by atoms with Gasteiger partial charge in [-0.25, -0.2) is 4.68 Å². The Kier molecular flexibility index (Phi) is 2.68. The summed E-state index contributed by atoms with van der Waals surface area (Å²) in [7, 11) is 1.91. The minimum Gasteiger partial charge on any atom is -0.330 e. The largest absolute Gasteiger partial charge is 0.330 e. The molecule has 80 valence electrons. The Balaban J connectivity index is 2.33. The van der Waals surface area contributed by atoms with E-state index in [1.165, 1.54) is 5.56 Å². The van der Waals surface area contributed by atoms with Gasteiger partial charge in [0.25, 0.3) is 0 Å². The van der Waals surface area contributed by atoms with Crippen molar-refractivity contribution in [1.29, 1.82) is 0 Å². The van der Waals surface area contributed by atoms with Crippen LogP contribution in [0.3, 0.4) is 0 Å². The third-order valence-corrected chi connectivity index (χ3v) is 2.66. The van der Waals surface area contributed by atoms with Gasteiger partial charge in [-0.15, -0.1) is 5.10 Å². The van der Waals surface area contributed by atoms with Crippen molar-refractivity contribution >= 4 is 11.0 Å². The van der Waals surface area contributed by atoms with Crippen LogP contribution in [-0.4, -0.2) is 21.5 Å². The summed E-state index contributed by atoms with van der Waals surface area (Å²) in [6.07, 6.45) is 1.01. The number of benzene rings is 1. The zero-order valence-corrected chi connectivity index (χ0v) is 9.14. The lowest BCUT2D eigenvalue weighted by atomic mass is 10.0. The van der Waals surface area contributed by atoms with E-state index in [1.54, 1.807) is 4.68 Å². The van der Waals surface area contributed by atoms with Gasteiger partial charge in [0, 0.05) is 7.05 Å². The number of aromatic nitrogens is 3. The third-order valence-electron chi connectivity index (χ3n) is 2.66. The highest BCUT2D eigenvalue weighted by molar-refractivity contribution is 5.74. The Hall–Kier alpha value is -1.42. The fraction of sp³-hybridized carbons (Fsp3) is 0.455. The van der Waals surface area contributed by atoms with E-state index >= 15 is 0 Å². The van der Waals surface area contributed by atoms with Crippen LogP contribution in [0.15, 0.2) is 18.2 Å². The van der Waals surface area contributed by atoms with Crippen molar-refractivity contribution in [2.24, 2.45) is 18.7 Å². The molecule has 0 fully saturated rings. The minimum absolute atomic E-state index is 0.517. The molecule has 0 aliphatic carbocycles. The molecule has 0 bridgehead atoms. The van der Waals surface area contributed by atoms with Crippen LogP contribution in [0.2, 0.25) is 0 Å². The van der Waals surface area contributed by atoms with Gasteiger partial charge < -0.3 is 5.73 Å². The van der Waals surface area contributed by atoms with Crippen LogP contribution in [0.1, 0.15) is 12.5 Å². The van der Waals surface area contributed by atoms with Crippen molar-refractivity contribution in [2.45, 2.75) is 13.3 Å². The molecule has 0 saturated heterocycles. The second-order valence-electron chi connectivity index (χ2n) is 4.08. The predicted octanol–water partition coefficient (Wildman–Crippen LogP) is 1.11. The minimum atomic E-state index is 0.517. The van der Waals surface area contributed by atoms with Gasteiger partial charge in [0.15, 0.2) is 0 Å². The normalized spacial score (nSPS) is 13.3. The van der Waals surface area contributed by atoms with Crippen molar-refractivity contribution in [2.75, 3.05) is 6.54 Å². The number of rotatable bonds is 3. The molecule has 1 atom stereocenters. The maximum Gasteiger partial charge on any atom is 0.113 e. The van der Waals surface area contributed by atoms with Crippen LogP contribution in [-0.2, 0) is 13.5 Å². The molecular formula is C11H16N4. The van der Waals surface area contributed by atoms with Gasteiger partial charge in [0.2, 0.25) is 0 Å². The van der Waals surface area contributed by atoms with Crippen LogP contribution in [0.4, 0.5) is 0 Å². The van der Waals surface area contributed by atoms with E-state index in [1.807, 2.05) is 13.1 Å². The maximum atomic E-state index is 5.61. The smallest absolute Gasteiger partial charge is 0.113 e. The summed E-state index contributed by atoms with van der Waals surface area (Å²) < 4.78 is 1.80. The standard InChI is InChI=1S/C11H16N4/c1-8(7-12)5-9-3-4-10-11(6-9)15(2)14-13-10/h3-4,6,8H,5,7,12H2,1-2H3. The molecule has 4 nitrogen and oxygen atoms in total. The lowest BCUT2D eigenvalue weighted by Crippen LogP contribution is -2.13. The summed E-state index contributed by atoms with van der Waals surface area (Å²) in [6, 6.07) is 6.26. The van der Waals surface area contributed by atoms with E-state index in [2.05, 4.69) is 29.4 Å². The summed E-state index contributed by atoms with van der Waals surface area (Å²) in [6.45, 7) is 2.88. The number of hydrogen-bond donors (Lipinski definition) is 1. The number of nitrogens with two attached hydrogens (primary N) is 1. The summed E-state index contributed by atoms with van der Waals surface area (Å²) in [5.74, 6) is 0.517. The first-order valence-electron chi connectivity index (χ1n) is 5.19. The Bertz CT molecular complexity index is 461. The molecular weight excluding hydrogens is 188 g/mol. The Morgan fingerprint density at radius 3 is 3.00 bits per heavy atom. The number of nitrogens with zero attached hydrogens (tertiary/aromatic N) is 3. The summed E-state index contributed by atoms with van der Waals surface area (Å²) in [4.78, 5) is 0. The first-order chi connectivity index (χ1) is 7.20. The molecule has 2 rings (SSSR count). The number of fused-ring (bicyclic) bond motifs is 1. The molecule has 2 N–H and O–H groups in total. The zero-order valence-electron chi connectivity index (χ0n) is 9.14. The molecule has 15 heavy (non-hydrogen) atoms. The monoisotopic (exact) mass is 204 g/mol. The quantitative estimate of drug-likeness (QED) is 0.814. The Morgan fingerprint density at radius 2 is 2.27 bits per heavy atom. The van der Waals surface area contributed by atoms with Gasteiger partial charge in [0.1, 0.15) is 5.52 Å². The lowest BCUT2D eigenvalue weighted by Gasteiger charge is -2.07. The highest BCUT2D eigenvalue weighted by atomic mass is 15.4. The van der Waals surface area contributed by atoms with E-state index < -0.39 is 0 Å². The Morgan fingerprint density at radius 1 is 1.47 bits per heavy atom. The number of hydrogen-bond acceptors (Lipinski definition) is 3. The molecule has 0 spiro atoms. The predicted molar refractivity (Wildman–Crippen MR) is 60.4 cm³/mol. The first-order valence-corrected chi connectivity index (χ1v) is 5.19. The molecule has 0 saturated carbocycles. The summed E-state index contributed by atoms with van der Waals surface area (Å²) in [5, 5.41) is 8.03. The topological polar surface area (TPSA) is 56.7 Å². The molecule has 0 aliphatic rings. The van der Waals surface area contributed by atoms with Crippen LogP contribution < -0.4 is 5.73 Å². The lowest BCUT2D eigenvalue weighted by molar-refractivity contribution is 0.593. The molecule has 1 aromatic carbocycles. The van der Waals surface area contributed by atoms with E-state index in [0.29, 0.717) is 5.92 Å². The van der Waals surface area contributed by atoms with Gasteiger partial charge in [-0.2, -0.15) is 0 Å². The van der Waals surface area contributed by atoms with E-state index in [-0.39, 0.29) is 0 Å². The summed E-state index contributed by atoms with van der Waals surface area (Å²) in [5.41, 5.74) is 8.94. The second kappa shape index (κ2) is 3.98. The highest BCUT2D eigenvalue weighted by Crippen LogP contribution is 2.15. The molecule has 1 unspecified atom stereocenters. The SMILES string of the molecule is CC(CN)Cc1ccc2nnn(C)c2c1. The van der Waals surface area contributed by atoms with E-state index in [4.69, 9.17) is 5.73 Å². The molecule has 1 heterocycles. The molecule has 0 amide bonds. The maximum absolute atomic E-state index is 5.61. The molecule has 0 aliphatic heterocycles. The number of aryl methyl sites for hydroxylation is 1. The van der Waals surface area contributed by atoms with Crippen LogP contribution >= 0.6 is 0 Å². The van der Waals surface area contributed by atoms with Crippen molar-refractivity contribution in [3.05, 3.63) is 23.8 Å². The van der Waals surface area contributed by atoms with Crippen LogP contribution in [0, 0.1) is 5.92 Å². The fourth-order valence-corrected chi connectivity index (χ4v) is 1.69. The second-order valence-corrected chi connectivity index (χ2v) is 4.08. The average Bonchev–Trinajstić information content (AvgIpc) is 2.60. The van der Waals surface area contributed by atoms with Gasteiger partial charge in [0.05, 0.1) is 5.52 Å². The van der Waals surface area contributed by atoms with Crippen molar-refractivity contribution in [1.82, 2.24) is 15.0 Å². The van der Waals surface area contributed by atoms with Gasteiger partial charge in [-0.05, 0) is 36.6 Å². The fourth-order valence-electron chi connectivity index (χ4n) is 1.69. The highest BCUT2D eigenvalue weighted by Gasteiger charge is 2.05. The van der Waals surface area contributed by atoms with E-state index in [9.17, 15) is 0 Å². The summed E-state index contributed by atoms with van der Waals surface area (Å²) >= 11 is 0. The van der Waals surface area contributed by atoms with Crippen molar-refractivity contribution in [3.8, 4) is 0 Å². The van der Waals surface area contributed by atoms with Gasteiger partial charge >= 0.3 is 0 Å². The van der Waals surface area contributed by atoms with E-state index in [0.717, 1.165) is 24.0 Å². The first kappa shape index (κ1) is 10.1. The molecule has 1 aromatic heterocycles. The van der Waals surface area contributed by atoms with Crippen molar-refractivity contribution < 1.29 is 0 Å². The molecule has 4 heteroatoms. The average molecular weight is 204 g/mol. The van der Waals surface area contributed by atoms with Gasteiger partial charge in [-0.1, -0.05) is 18.2 Å².